The van der Waals surface area contributed by atoms with Crippen LogP contribution in [0.15, 0.2) is 0 Å². The molecule has 0 aromatic carbocycles. The summed E-state index contributed by atoms with van der Waals surface area (Å²) >= 11 is 0. The van der Waals surface area contributed by atoms with E-state index in [1.165, 1.54) is 0 Å². The normalized spacial score (nSPS) is 47.7. The van der Waals surface area contributed by atoms with E-state index in [0.717, 1.165) is 38.5 Å². The molecule has 7 heteroatoms. The molecular formula is C29H49NO6. The molecule has 0 aromatic heterocycles. The Hall–Kier alpha value is -1.18. The van der Waals surface area contributed by atoms with Gasteiger partial charge in [-0.2, -0.15) is 0 Å². The van der Waals surface area contributed by atoms with Gasteiger partial charge in [0.1, 0.15) is 6.54 Å². The standard InChI is InChI=1S/C29H49NO6/c1-6-18-21-12-17(31)9-10-28(21,4)22-13-23(32)29(5)19(7-8-20(29)25(22)26(18)35)15(2)11-16(3)27(36)30-14-24(33)34/h15-23,25-26,31-32,35H,6-14H2,1-5H3,(H,30,36)(H,33,34)/t15-,16?,17+,18+,19+,20?,21-,22?,23-,25?,26-,28-,29+/m0/s1. The minimum atomic E-state index is -1.05. The molecule has 0 bridgehead atoms. The summed E-state index contributed by atoms with van der Waals surface area (Å²) in [6, 6.07) is 0. The lowest BCUT2D eigenvalue weighted by atomic mass is 9.41. The summed E-state index contributed by atoms with van der Waals surface area (Å²) in [4.78, 5) is 23.3. The van der Waals surface area contributed by atoms with Gasteiger partial charge in [-0.05, 0) is 97.2 Å². The highest BCUT2D eigenvalue weighted by molar-refractivity contribution is 5.82. The van der Waals surface area contributed by atoms with E-state index in [2.05, 4.69) is 33.0 Å². The number of carbonyl (C=O) groups is 2. The Balaban J connectivity index is 1.56. The van der Waals surface area contributed by atoms with Crippen LogP contribution in [0.5, 0.6) is 0 Å². The van der Waals surface area contributed by atoms with E-state index < -0.39 is 18.2 Å². The minimum Gasteiger partial charge on any atom is -0.480 e. The molecule has 4 fully saturated rings. The summed E-state index contributed by atoms with van der Waals surface area (Å²) in [6.45, 7) is 10.4. The smallest absolute Gasteiger partial charge is 0.322 e. The average Bonchev–Trinajstić information content (AvgIpc) is 3.18. The van der Waals surface area contributed by atoms with Gasteiger partial charge < -0.3 is 25.7 Å². The van der Waals surface area contributed by atoms with Gasteiger partial charge in [0.05, 0.1) is 18.3 Å². The highest BCUT2D eigenvalue weighted by Gasteiger charge is 2.67. The molecule has 0 spiro atoms. The average molecular weight is 508 g/mol. The zero-order valence-corrected chi connectivity index (χ0v) is 22.8. The molecule has 0 aromatic rings. The van der Waals surface area contributed by atoms with Crippen LogP contribution in [-0.4, -0.2) is 57.2 Å². The fourth-order valence-electron chi connectivity index (χ4n) is 10.1. The third kappa shape index (κ3) is 4.41. The van der Waals surface area contributed by atoms with Gasteiger partial charge in [0.15, 0.2) is 0 Å². The lowest BCUT2D eigenvalue weighted by Gasteiger charge is -2.65. The molecule has 0 radical (unpaired) electrons. The minimum absolute atomic E-state index is 0.0343. The molecule has 0 aliphatic heterocycles. The maximum absolute atomic E-state index is 12.4. The number of aliphatic hydroxyl groups is 3. The van der Waals surface area contributed by atoms with Crippen LogP contribution >= 0.6 is 0 Å². The quantitative estimate of drug-likeness (QED) is 0.359. The van der Waals surface area contributed by atoms with Crippen molar-refractivity contribution < 1.29 is 30.0 Å². The Morgan fingerprint density at radius 1 is 1.00 bits per heavy atom. The number of carboxylic acid groups (broad SMARTS) is 1. The fraction of sp³-hybridized carbons (Fsp3) is 0.931. The first kappa shape index (κ1) is 27.8. The third-order valence-electron chi connectivity index (χ3n) is 11.8. The number of amides is 1. The van der Waals surface area contributed by atoms with Crippen LogP contribution in [0.2, 0.25) is 0 Å². The lowest BCUT2D eigenvalue weighted by molar-refractivity contribution is -0.228. The molecular weight excluding hydrogens is 458 g/mol. The number of hydrogen-bond donors (Lipinski definition) is 5. The SMILES string of the molecule is CC[C@H]1[C@H](O)C2C3CC[C@H]([C@@H](C)CC(C)C(=O)NCC(=O)O)[C@@]3(C)[C@@H](O)CC2[C@@]2(C)CC[C@@H](O)C[C@@H]12. The van der Waals surface area contributed by atoms with Crippen molar-refractivity contribution >= 4 is 11.9 Å². The molecule has 4 rings (SSSR count). The van der Waals surface area contributed by atoms with Crippen molar-refractivity contribution in [1.29, 1.82) is 0 Å². The van der Waals surface area contributed by atoms with Crippen LogP contribution in [-0.2, 0) is 9.59 Å². The van der Waals surface area contributed by atoms with Gasteiger partial charge in [-0.3, -0.25) is 9.59 Å². The predicted molar refractivity (Wildman–Crippen MR) is 137 cm³/mol. The van der Waals surface area contributed by atoms with Gasteiger partial charge >= 0.3 is 5.97 Å². The number of rotatable bonds is 7. The molecule has 36 heavy (non-hydrogen) atoms. The highest BCUT2D eigenvalue weighted by Crippen LogP contribution is 2.69. The molecule has 0 saturated heterocycles. The largest absolute Gasteiger partial charge is 0.480 e. The fourth-order valence-corrected chi connectivity index (χ4v) is 10.1. The van der Waals surface area contributed by atoms with Crippen LogP contribution in [0.25, 0.3) is 0 Å². The van der Waals surface area contributed by atoms with Gasteiger partial charge in [0.25, 0.3) is 0 Å². The first-order valence-electron chi connectivity index (χ1n) is 14.4. The van der Waals surface area contributed by atoms with Crippen molar-refractivity contribution in [2.75, 3.05) is 6.54 Å². The predicted octanol–water partition coefficient (Wildman–Crippen LogP) is 3.45. The second kappa shape index (κ2) is 10.2. The van der Waals surface area contributed by atoms with Crippen LogP contribution in [0, 0.1) is 58.2 Å². The van der Waals surface area contributed by atoms with Crippen molar-refractivity contribution in [3.8, 4) is 0 Å². The van der Waals surface area contributed by atoms with Gasteiger partial charge in [-0.1, -0.05) is 41.0 Å². The number of carbonyl (C=O) groups excluding carboxylic acids is 1. The van der Waals surface area contributed by atoms with E-state index in [1.807, 2.05) is 6.92 Å². The second-order valence-electron chi connectivity index (χ2n) is 13.4. The first-order valence-corrected chi connectivity index (χ1v) is 14.4. The van der Waals surface area contributed by atoms with Crippen molar-refractivity contribution in [2.45, 2.75) is 104 Å². The van der Waals surface area contributed by atoms with Crippen LogP contribution in [0.3, 0.4) is 0 Å². The number of hydrogen-bond acceptors (Lipinski definition) is 5. The van der Waals surface area contributed by atoms with Crippen molar-refractivity contribution in [2.24, 2.45) is 58.2 Å². The second-order valence-corrected chi connectivity index (χ2v) is 13.4. The third-order valence-corrected chi connectivity index (χ3v) is 11.8. The Bertz CT molecular complexity index is 835. The zero-order valence-electron chi connectivity index (χ0n) is 22.8. The van der Waals surface area contributed by atoms with E-state index in [4.69, 9.17) is 5.11 Å². The molecule has 13 atom stereocenters. The summed E-state index contributed by atoms with van der Waals surface area (Å²) < 4.78 is 0. The molecule has 4 aliphatic carbocycles. The zero-order chi connectivity index (χ0) is 26.6. The molecule has 0 heterocycles. The van der Waals surface area contributed by atoms with E-state index in [1.54, 1.807) is 0 Å². The lowest BCUT2D eigenvalue weighted by Crippen LogP contribution is -2.65. The van der Waals surface area contributed by atoms with Gasteiger partial charge in [0.2, 0.25) is 5.91 Å². The Kier molecular flexibility index (Phi) is 7.87. The molecule has 4 unspecified atom stereocenters. The van der Waals surface area contributed by atoms with Gasteiger partial charge in [-0.15, -0.1) is 0 Å². The topological polar surface area (TPSA) is 127 Å². The van der Waals surface area contributed by atoms with Crippen LogP contribution < -0.4 is 5.32 Å². The highest BCUT2D eigenvalue weighted by atomic mass is 16.4. The summed E-state index contributed by atoms with van der Waals surface area (Å²) in [6.07, 6.45) is 5.61. The summed E-state index contributed by atoms with van der Waals surface area (Å²) in [5.41, 5.74) is -0.277. The molecule has 1 amide bonds. The van der Waals surface area contributed by atoms with E-state index in [9.17, 15) is 24.9 Å². The number of aliphatic hydroxyl groups excluding tert-OH is 3. The summed E-state index contributed by atoms with van der Waals surface area (Å²) in [5, 5.41) is 45.5. The summed E-state index contributed by atoms with van der Waals surface area (Å²) in [7, 11) is 0. The van der Waals surface area contributed by atoms with Gasteiger partial charge in [-0.25, -0.2) is 0 Å². The maximum Gasteiger partial charge on any atom is 0.322 e. The van der Waals surface area contributed by atoms with Crippen molar-refractivity contribution in [1.82, 2.24) is 5.32 Å². The molecule has 4 aliphatic rings. The number of carboxylic acids is 1. The number of nitrogens with one attached hydrogen (secondary N) is 1. The maximum atomic E-state index is 12.4. The summed E-state index contributed by atoms with van der Waals surface area (Å²) in [5.74, 6) is 0.00272. The Labute approximate surface area is 216 Å². The molecule has 5 N–H and O–H groups in total. The Morgan fingerprint density at radius 2 is 1.69 bits per heavy atom. The molecule has 206 valence electrons. The van der Waals surface area contributed by atoms with E-state index >= 15 is 0 Å². The number of fused-ring (bicyclic) bond motifs is 5. The first-order chi connectivity index (χ1) is 16.9. The van der Waals surface area contributed by atoms with Crippen LogP contribution in [0.4, 0.5) is 0 Å². The monoisotopic (exact) mass is 507 g/mol. The van der Waals surface area contributed by atoms with Crippen molar-refractivity contribution in [3.63, 3.8) is 0 Å². The van der Waals surface area contributed by atoms with E-state index in [0.29, 0.717) is 18.8 Å². The van der Waals surface area contributed by atoms with Gasteiger partial charge in [0, 0.05) is 5.92 Å². The van der Waals surface area contributed by atoms with E-state index in [-0.39, 0.29) is 70.8 Å². The molecule has 7 nitrogen and oxygen atoms in total. The van der Waals surface area contributed by atoms with Crippen molar-refractivity contribution in [3.05, 3.63) is 0 Å². The Morgan fingerprint density at radius 3 is 2.33 bits per heavy atom. The van der Waals surface area contributed by atoms with Crippen LogP contribution in [0.1, 0.15) is 86.0 Å². The molecule has 4 saturated carbocycles. The number of aliphatic carboxylic acids is 1.